The van der Waals surface area contributed by atoms with Gasteiger partial charge in [0.05, 0.1) is 4.90 Å². The highest BCUT2D eigenvalue weighted by atomic mass is 35.5. The standard InChI is InChI=1S/C33H36ClN3O3S2/c1-21-22(2)24(4)32(25(5)23(21)3)42(39,40)35-29-11-9-26(10-12-29)33(38)37-17-15-36(16-18-37)20-30-13-14-31(41-30)27-7-6-8-28(34)19-27/h6-14,19,35H,15-18,20H2,1-5H3. The number of thiophene rings is 1. The van der Waals surface area contributed by atoms with Crippen molar-refractivity contribution < 1.29 is 13.2 Å². The topological polar surface area (TPSA) is 69.7 Å². The molecule has 1 saturated heterocycles. The van der Waals surface area contributed by atoms with Crippen LogP contribution < -0.4 is 4.72 Å². The Morgan fingerprint density at radius 3 is 2.07 bits per heavy atom. The first-order valence-corrected chi connectivity index (χ1v) is 16.7. The molecule has 9 heteroatoms. The van der Waals surface area contributed by atoms with E-state index in [-0.39, 0.29) is 5.91 Å². The molecule has 5 rings (SSSR count). The summed E-state index contributed by atoms with van der Waals surface area (Å²) in [5, 5.41) is 0.733. The number of rotatable bonds is 7. The van der Waals surface area contributed by atoms with Crippen molar-refractivity contribution in [1.82, 2.24) is 9.80 Å². The van der Waals surface area contributed by atoms with E-state index < -0.39 is 10.0 Å². The average molecular weight is 622 g/mol. The Hall–Kier alpha value is -3.17. The molecule has 1 aliphatic rings. The first-order valence-electron chi connectivity index (χ1n) is 14.0. The molecule has 1 aromatic heterocycles. The Bertz CT molecular complexity index is 1710. The lowest BCUT2D eigenvalue weighted by Gasteiger charge is -2.34. The Morgan fingerprint density at radius 2 is 1.45 bits per heavy atom. The smallest absolute Gasteiger partial charge is 0.262 e. The summed E-state index contributed by atoms with van der Waals surface area (Å²) in [6, 6.07) is 18.9. The molecule has 0 atom stereocenters. The third-order valence-corrected chi connectivity index (χ3v) is 11.4. The van der Waals surface area contributed by atoms with Crippen molar-refractivity contribution in [3.63, 3.8) is 0 Å². The van der Waals surface area contributed by atoms with E-state index in [4.69, 9.17) is 11.6 Å². The van der Waals surface area contributed by atoms with E-state index in [0.29, 0.717) is 29.2 Å². The number of anilines is 1. The number of nitrogens with one attached hydrogen (secondary N) is 1. The summed E-state index contributed by atoms with van der Waals surface area (Å²) < 4.78 is 29.5. The highest BCUT2D eigenvalue weighted by molar-refractivity contribution is 7.92. The van der Waals surface area contributed by atoms with Crippen LogP contribution in [-0.4, -0.2) is 50.3 Å². The summed E-state index contributed by atoms with van der Waals surface area (Å²) in [6.07, 6.45) is 0. The zero-order valence-electron chi connectivity index (χ0n) is 24.6. The second kappa shape index (κ2) is 12.2. The van der Waals surface area contributed by atoms with E-state index in [2.05, 4.69) is 27.8 Å². The highest BCUT2D eigenvalue weighted by Gasteiger charge is 2.25. The Labute approximate surface area is 258 Å². The molecule has 3 aromatic carbocycles. The zero-order valence-corrected chi connectivity index (χ0v) is 27.0. The largest absolute Gasteiger partial charge is 0.336 e. The van der Waals surface area contributed by atoms with Crippen molar-refractivity contribution in [2.45, 2.75) is 46.1 Å². The third-order valence-electron chi connectivity index (χ3n) is 8.39. The van der Waals surface area contributed by atoms with Crippen molar-refractivity contribution in [1.29, 1.82) is 0 Å². The van der Waals surface area contributed by atoms with Gasteiger partial charge in [-0.2, -0.15) is 0 Å². The van der Waals surface area contributed by atoms with Gasteiger partial charge in [0.1, 0.15) is 0 Å². The number of piperazine rings is 1. The zero-order chi connectivity index (χ0) is 30.2. The lowest BCUT2D eigenvalue weighted by Crippen LogP contribution is -2.48. The molecule has 2 heterocycles. The lowest BCUT2D eigenvalue weighted by atomic mass is 9.95. The Morgan fingerprint density at radius 1 is 0.833 bits per heavy atom. The summed E-state index contributed by atoms with van der Waals surface area (Å²) in [7, 11) is -3.79. The molecule has 0 bridgehead atoms. The normalized spacial score (nSPS) is 14.3. The van der Waals surface area contributed by atoms with Gasteiger partial charge in [-0.1, -0.05) is 23.7 Å². The number of benzene rings is 3. The van der Waals surface area contributed by atoms with Crippen LogP contribution >= 0.6 is 22.9 Å². The molecule has 4 aromatic rings. The van der Waals surface area contributed by atoms with E-state index in [0.717, 1.165) is 58.0 Å². The molecule has 220 valence electrons. The van der Waals surface area contributed by atoms with Crippen LogP contribution in [0.5, 0.6) is 0 Å². The van der Waals surface area contributed by atoms with Gasteiger partial charge in [0.15, 0.2) is 0 Å². The van der Waals surface area contributed by atoms with Crippen LogP contribution in [0, 0.1) is 34.6 Å². The van der Waals surface area contributed by atoms with Gasteiger partial charge in [0, 0.05) is 58.8 Å². The monoisotopic (exact) mass is 621 g/mol. The maximum atomic E-state index is 13.4. The molecule has 0 unspecified atom stereocenters. The lowest BCUT2D eigenvalue weighted by molar-refractivity contribution is 0.0629. The van der Waals surface area contributed by atoms with Crippen LogP contribution in [-0.2, 0) is 16.6 Å². The fourth-order valence-corrected chi connectivity index (χ4v) is 8.43. The van der Waals surface area contributed by atoms with E-state index in [1.54, 1.807) is 35.6 Å². The Kier molecular flexibility index (Phi) is 8.81. The van der Waals surface area contributed by atoms with Crippen molar-refractivity contribution in [2.75, 3.05) is 30.9 Å². The molecular weight excluding hydrogens is 586 g/mol. The summed E-state index contributed by atoms with van der Waals surface area (Å²) >= 11 is 7.93. The number of carbonyl (C=O) groups is 1. The number of sulfonamides is 1. The van der Waals surface area contributed by atoms with Crippen LogP contribution in [0.1, 0.15) is 43.1 Å². The van der Waals surface area contributed by atoms with Crippen molar-refractivity contribution in [2.24, 2.45) is 0 Å². The molecule has 0 radical (unpaired) electrons. The van der Waals surface area contributed by atoms with Crippen molar-refractivity contribution >= 4 is 44.6 Å². The predicted molar refractivity (Wildman–Crippen MR) is 173 cm³/mol. The van der Waals surface area contributed by atoms with E-state index in [1.807, 2.05) is 57.7 Å². The first kappa shape index (κ1) is 30.3. The van der Waals surface area contributed by atoms with Crippen LogP contribution in [0.2, 0.25) is 5.02 Å². The quantitative estimate of drug-likeness (QED) is 0.234. The Balaban J connectivity index is 1.19. The minimum atomic E-state index is -3.79. The van der Waals surface area contributed by atoms with Gasteiger partial charge in [-0.15, -0.1) is 11.3 Å². The van der Waals surface area contributed by atoms with Crippen LogP contribution in [0.4, 0.5) is 5.69 Å². The highest BCUT2D eigenvalue weighted by Crippen LogP contribution is 2.32. The van der Waals surface area contributed by atoms with Crippen LogP contribution in [0.3, 0.4) is 0 Å². The molecule has 0 saturated carbocycles. The fourth-order valence-electron chi connectivity index (χ4n) is 5.53. The average Bonchev–Trinajstić information content (AvgIpc) is 3.44. The van der Waals surface area contributed by atoms with E-state index in [1.165, 1.54) is 9.75 Å². The molecule has 1 fully saturated rings. The minimum absolute atomic E-state index is 0.0418. The van der Waals surface area contributed by atoms with Gasteiger partial charge in [-0.25, -0.2) is 8.42 Å². The second-order valence-corrected chi connectivity index (χ2v) is 14.2. The van der Waals surface area contributed by atoms with Gasteiger partial charge in [0.2, 0.25) is 0 Å². The van der Waals surface area contributed by atoms with Gasteiger partial charge >= 0.3 is 0 Å². The van der Waals surface area contributed by atoms with E-state index in [9.17, 15) is 13.2 Å². The van der Waals surface area contributed by atoms with Gasteiger partial charge < -0.3 is 4.90 Å². The first-order chi connectivity index (χ1) is 19.9. The fraction of sp³-hybridized carbons (Fsp3) is 0.303. The van der Waals surface area contributed by atoms with Crippen LogP contribution in [0.25, 0.3) is 10.4 Å². The summed E-state index contributed by atoms with van der Waals surface area (Å²) in [4.78, 5) is 20.3. The summed E-state index contributed by atoms with van der Waals surface area (Å²) in [5.41, 5.74) is 6.70. The van der Waals surface area contributed by atoms with Crippen molar-refractivity contribution in [3.8, 4) is 10.4 Å². The SMILES string of the molecule is Cc1c(C)c(C)c(S(=O)(=O)Nc2ccc(C(=O)N3CCN(Cc4ccc(-c5cccc(Cl)c5)s4)CC3)cc2)c(C)c1C. The second-order valence-electron chi connectivity index (χ2n) is 11.0. The van der Waals surface area contributed by atoms with Gasteiger partial charge in [0.25, 0.3) is 15.9 Å². The van der Waals surface area contributed by atoms with Gasteiger partial charge in [-0.05, 0) is 117 Å². The predicted octanol–water partition coefficient (Wildman–Crippen LogP) is 7.37. The molecule has 1 aliphatic heterocycles. The molecule has 6 nitrogen and oxygen atoms in total. The summed E-state index contributed by atoms with van der Waals surface area (Å²) in [6.45, 7) is 13.4. The number of carbonyl (C=O) groups excluding carboxylic acids is 1. The minimum Gasteiger partial charge on any atom is -0.336 e. The molecule has 0 aliphatic carbocycles. The van der Waals surface area contributed by atoms with Crippen molar-refractivity contribution in [3.05, 3.63) is 104 Å². The van der Waals surface area contributed by atoms with E-state index >= 15 is 0 Å². The third kappa shape index (κ3) is 6.27. The summed E-state index contributed by atoms with van der Waals surface area (Å²) in [5.74, 6) is -0.0418. The molecule has 1 N–H and O–H groups in total. The number of hydrogen-bond donors (Lipinski definition) is 1. The van der Waals surface area contributed by atoms with Crippen LogP contribution in [0.15, 0.2) is 65.6 Å². The molecular formula is C33H36ClN3O3S2. The molecule has 42 heavy (non-hydrogen) atoms. The number of amides is 1. The molecule has 0 spiro atoms. The molecule has 1 amide bonds. The maximum Gasteiger partial charge on any atom is 0.262 e. The number of nitrogens with zero attached hydrogens (tertiary/aromatic N) is 2. The van der Waals surface area contributed by atoms with Gasteiger partial charge in [-0.3, -0.25) is 14.4 Å². The number of hydrogen-bond acceptors (Lipinski definition) is 5. The maximum absolute atomic E-state index is 13.4. The number of halogens is 1.